The van der Waals surface area contributed by atoms with Gasteiger partial charge in [-0.1, -0.05) is 47.5 Å². The largest absolute Gasteiger partial charge is 0.352 e. The molecule has 0 aliphatic heterocycles. The van der Waals surface area contributed by atoms with Crippen LogP contribution >= 0.6 is 23.2 Å². The van der Waals surface area contributed by atoms with Gasteiger partial charge in [-0.2, -0.15) is 5.10 Å². The Labute approximate surface area is 191 Å². The van der Waals surface area contributed by atoms with E-state index in [4.69, 9.17) is 33.3 Å². The second-order valence-corrected chi connectivity index (χ2v) is 8.35. The van der Waals surface area contributed by atoms with Gasteiger partial charge in [0.25, 0.3) is 0 Å². The van der Waals surface area contributed by atoms with Crippen LogP contribution in [0, 0.1) is 13.8 Å². The van der Waals surface area contributed by atoms with Gasteiger partial charge in [0.15, 0.2) is 5.65 Å². The van der Waals surface area contributed by atoms with E-state index in [0.29, 0.717) is 29.4 Å². The van der Waals surface area contributed by atoms with E-state index in [1.807, 2.05) is 73.0 Å². The SMILES string of the molecule is Cc1nc2cc(-c3ccc(Cl)cc3)nn2c(C)c1CCC(=O)NCc1cccc(Cl)c1. The molecular weight excluding hydrogens is 431 g/mol. The lowest BCUT2D eigenvalue weighted by Gasteiger charge is -2.11. The molecule has 0 radical (unpaired) electrons. The number of fused-ring (bicyclic) bond motifs is 1. The van der Waals surface area contributed by atoms with Crippen molar-refractivity contribution in [3.63, 3.8) is 0 Å². The molecule has 0 spiro atoms. The number of carbonyl (C=O) groups excluding carboxylic acids is 1. The minimum absolute atomic E-state index is 0.0128. The van der Waals surface area contributed by atoms with Gasteiger partial charge < -0.3 is 5.32 Å². The fraction of sp³-hybridized carbons (Fsp3) is 0.208. The first-order valence-corrected chi connectivity index (χ1v) is 10.8. The third-order valence-corrected chi connectivity index (χ3v) is 5.77. The summed E-state index contributed by atoms with van der Waals surface area (Å²) < 4.78 is 1.84. The first kappa shape index (κ1) is 21.3. The highest BCUT2D eigenvalue weighted by atomic mass is 35.5. The van der Waals surface area contributed by atoms with Gasteiger partial charge in [-0.3, -0.25) is 4.79 Å². The summed E-state index contributed by atoms with van der Waals surface area (Å²) in [6.45, 7) is 4.44. The molecule has 31 heavy (non-hydrogen) atoms. The van der Waals surface area contributed by atoms with Crippen molar-refractivity contribution in [3.8, 4) is 11.3 Å². The Hall–Kier alpha value is -2.89. The molecule has 0 atom stereocenters. The zero-order chi connectivity index (χ0) is 22.0. The molecular formula is C24H22Cl2N4O. The highest BCUT2D eigenvalue weighted by Crippen LogP contribution is 2.24. The molecule has 1 N–H and O–H groups in total. The van der Waals surface area contributed by atoms with Crippen molar-refractivity contribution in [2.24, 2.45) is 0 Å². The topological polar surface area (TPSA) is 59.3 Å². The molecule has 5 nitrogen and oxygen atoms in total. The van der Waals surface area contributed by atoms with Crippen molar-refractivity contribution < 1.29 is 4.79 Å². The lowest BCUT2D eigenvalue weighted by Crippen LogP contribution is -2.23. The van der Waals surface area contributed by atoms with Gasteiger partial charge in [-0.05, 0) is 55.7 Å². The Morgan fingerprint density at radius 2 is 1.81 bits per heavy atom. The maximum atomic E-state index is 12.4. The maximum Gasteiger partial charge on any atom is 0.220 e. The molecule has 1 amide bonds. The van der Waals surface area contributed by atoms with E-state index in [0.717, 1.165) is 39.4 Å². The number of rotatable bonds is 6. The van der Waals surface area contributed by atoms with Crippen LogP contribution in [0.5, 0.6) is 0 Å². The van der Waals surface area contributed by atoms with Gasteiger partial charge >= 0.3 is 0 Å². The number of hydrogen-bond donors (Lipinski definition) is 1. The summed E-state index contributed by atoms with van der Waals surface area (Å²) in [5, 5.41) is 9.02. The second-order valence-electron chi connectivity index (χ2n) is 7.47. The van der Waals surface area contributed by atoms with Crippen LogP contribution in [0.25, 0.3) is 16.9 Å². The van der Waals surface area contributed by atoms with E-state index < -0.39 is 0 Å². The molecule has 0 bridgehead atoms. The molecule has 0 fully saturated rings. The Kier molecular flexibility index (Phi) is 6.25. The lowest BCUT2D eigenvalue weighted by atomic mass is 10.1. The summed E-state index contributed by atoms with van der Waals surface area (Å²) in [5.74, 6) is -0.0128. The molecule has 4 rings (SSSR count). The predicted octanol–water partition coefficient (Wildman–Crippen LogP) is 5.57. The summed E-state index contributed by atoms with van der Waals surface area (Å²) in [5.41, 5.74) is 6.52. The Morgan fingerprint density at radius 3 is 2.55 bits per heavy atom. The lowest BCUT2D eigenvalue weighted by molar-refractivity contribution is -0.121. The van der Waals surface area contributed by atoms with Gasteiger partial charge in [-0.25, -0.2) is 9.50 Å². The van der Waals surface area contributed by atoms with E-state index in [2.05, 4.69) is 5.32 Å². The summed E-state index contributed by atoms with van der Waals surface area (Å²) in [6.07, 6.45) is 0.971. The fourth-order valence-corrected chi connectivity index (χ4v) is 3.96. The van der Waals surface area contributed by atoms with Crippen LogP contribution in [-0.4, -0.2) is 20.5 Å². The number of amides is 1. The van der Waals surface area contributed by atoms with Crippen molar-refractivity contribution >= 4 is 34.8 Å². The Bertz CT molecular complexity index is 1250. The first-order valence-electron chi connectivity index (χ1n) is 10.0. The number of hydrogen-bond acceptors (Lipinski definition) is 3. The van der Waals surface area contributed by atoms with Crippen LogP contribution in [0.1, 0.15) is 28.9 Å². The molecule has 0 aliphatic carbocycles. The summed E-state index contributed by atoms with van der Waals surface area (Å²) in [6, 6.07) is 17.0. The molecule has 158 valence electrons. The van der Waals surface area contributed by atoms with Crippen LogP contribution in [0.4, 0.5) is 0 Å². The maximum absolute atomic E-state index is 12.4. The number of halogens is 2. The van der Waals surface area contributed by atoms with Gasteiger partial charge in [0.05, 0.1) is 5.69 Å². The molecule has 2 heterocycles. The van der Waals surface area contributed by atoms with Crippen molar-refractivity contribution in [1.29, 1.82) is 0 Å². The van der Waals surface area contributed by atoms with Gasteiger partial charge in [-0.15, -0.1) is 0 Å². The normalized spacial score (nSPS) is 11.1. The number of aromatic nitrogens is 3. The number of nitrogens with zero attached hydrogens (tertiary/aromatic N) is 3. The number of nitrogens with one attached hydrogen (secondary N) is 1. The Balaban J connectivity index is 1.48. The van der Waals surface area contributed by atoms with E-state index in [1.165, 1.54) is 0 Å². The monoisotopic (exact) mass is 452 g/mol. The third kappa shape index (κ3) is 4.89. The van der Waals surface area contributed by atoms with Crippen molar-refractivity contribution in [2.75, 3.05) is 0 Å². The van der Waals surface area contributed by atoms with Crippen LogP contribution in [0.2, 0.25) is 10.0 Å². The predicted molar refractivity (Wildman–Crippen MR) is 125 cm³/mol. The highest BCUT2D eigenvalue weighted by molar-refractivity contribution is 6.30. The standard InChI is InChI=1S/C24H22Cl2N4O/c1-15-21(10-11-24(31)27-14-17-4-3-5-20(26)12-17)16(2)30-23(28-15)13-22(29-30)18-6-8-19(25)9-7-18/h3-9,12-13H,10-11,14H2,1-2H3,(H,27,31). The zero-order valence-electron chi connectivity index (χ0n) is 17.3. The average molecular weight is 453 g/mol. The summed E-state index contributed by atoms with van der Waals surface area (Å²) in [4.78, 5) is 17.1. The van der Waals surface area contributed by atoms with Crippen molar-refractivity contribution in [3.05, 3.63) is 87.2 Å². The molecule has 0 aliphatic rings. The van der Waals surface area contributed by atoms with E-state index in [9.17, 15) is 4.79 Å². The zero-order valence-corrected chi connectivity index (χ0v) is 18.8. The van der Waals surface area contributed by atoms with Crippen LogP contribution < -0.4 is 5.32 Å². The second kappa shape index (κ2) is 9.08. The molecule has 7 heteroatoms. The highest BCUT2D eigenvalue weighted by Gasteiger charge is 2.14. The molecule has 0 saturated carbocycles. The molecule has 2 aromatic carbocycles. The quantitative estimate of drug-likeness (QED) is 0.415. The minimum Gasteiger partial charge on any atom is -0.352 e. The minimum atomic E-state index is -0.0128. The van der Waals surface area contributed by atoms with Crippen molar-refractivity contribution in [1.82, 2.24) is 19.9 Å². The number of benzene rings is 2. The van der Waals surface area contributed by atoms with E-state index >= 15 is 0 Å². The molecule has 4 aromatic rings. The summed E-state index contributed by atoms with van der Waals surface area (Å²) >= 11 is 12.0. The first-order chi connectivity index (χ1) is 14.9. The van der Waals surface area contributed by atoms with Crippen LogP contribution in [0.15, 0.2) is 54.6 Å². The number of aryl methyl sites for hydroxylation is 2. The molecule has 2 aromatic heterocycles. The third-order valence-electron chi connectivity index (χ3n) is 5.28. The smallest absolute Gasteiger partial charge is 0.220 e. The molecule has 0 saturated heterocycles. The van der Waals surface area contributed by atoms with E-state index in [-0.39, 0.29) is 5.91 Å². The average Bonchev–Trinajstić information content (AvgIpc) is 3.17. The fourth-order valence-electron chi connectivity index (χ4n) is 3.62. The van der Waals surface area contributed by atoms with Gasteiger partial charge in [0.2, 0.25) is 5.91 Å². The van der Waals surface area contributed by atoms with Gasteiger partial charge in [0, 0.05) is 46.0 Å². The van der Waals surface area contributed by atoms with E-state index in [1.54, 1.807) is 0 Å². The summed E-state index contributed by atoms with van der Waals surface area (Å²) in [7, 11) is 0. The Morgan fingerprint density at radius 1 is 1.03 bits per heavy atom. The van der Waals surface area contributed by atoms with Crippen LogP contribution in [-0.2, 0) is 17.8 Å². The van der Waals surface area contributed by atoms with Crippen molar-refractivity contribution in [2.45, 2.75) is 33.2 Å². The number of carbonyl (C=O) groups is 1. The van der Waals surface area contributed by atoms with Gasteiger partial charge in [0.1, 0.15) is 0 Å². The van der Waals surface area contributed by atoms with Crippen LogP contribution in [0.3, 0.4) is 0 Å². The molecule has 0 unspecified atom stereocenters.